The van der Waals surface area contributed by atoms with Crippen LogP contribution in [-0.2, 0) is 6.54 Å². The van der Waals surface area contributed by atoms with Crippen LogP contribution in [0.2, 0.25) is 0 Å². The van der Waals surface area contributed by atoms with Crippen LogP contribution in [0.1, 0.15) is 15.5 Å². The van der Waals surface area contributed by atoms with E-state index in [-0.39, 0.29) is 5.91 Å². The molecule has 0 unspecified atom stereocenters. The number of nitrogens with zero attached hydrogens (tertiary/aromatic N) is 2. The highest BCUT2D eigenvalue weighted by molar-refractivity contribution is 7.12. The van der Waals surface area contributed by atoms with Crippen molar-refractivity contribution in [3.8, 4) is 0 Å². The summed E-state index contributed by atoms with van der Waals surface area (Å²) in [5.41, 5.74) is 6.22. The smallest absolute Gasteiger partial charge is 0.266 e. The number of aromatic amines is 1. The van der Waals surface area contributed by atoms with E-state index in [1.54, 1.807) is 30.4 Å². The summed E-state index contributed by atoms with van der Waals surface area (Å²) in [6.45, 7) is 0.448. The highest BCUT2D eigenvalue weighted by atomic mass is 32.1. The van der Waals surface area contributed by atoms with Crippen LogP contribution >= 0.6 is 11.3 Å². The molecule has 0 saturated carbocycles. The lowest BCUT2D eigenvalue weighted by Crippen LogP contribution is -2.26. The Morgan fingerprint density at radius 1 is 1.69 bits per heavy atom. The number of aromatic nitrogens is 2. The minimum absolute atomic E-state index is 0.0797. The molecule has 0 bridgehead atoms. The van der Waals surface area contributed by atoms with Gasteiger partial charge in [-0.2, -0.15) is 0 Å². The third-order valence-corrected chi connectivity index (χ3v) is 3.10. The zero-order chi connectivity index (χ0) is 11.5. The molecule has 2 rings (SSSR count). The normalized spacial score (nSPS) is 10.3. The molecule has 1 amide bonds. The molecule has 16 heavy (non-hydrogen) atoms. The Kier molecular flexibility index (Phi) is 2.91. The van der Waals surface area contributed by atoms with Crippen LogP contribution in [-0.4, -0.2) is 27.8 Å². The number of nitrogen functional groups attached to an aromatic ring is 1. The SMILES string of the molecule is CN(Cc1ncc[nH]1)C(=O)c1sccc1N. The van der Waals surface area contributed by atoms with Gasteiger partial charge >= 0.3 is 0 Å². The third-order valence-electron chi connectivity index (χ3n) is 2.18. The van der Waals surface area contributed by atoms with Gasteiger partial charge in [0.15, 0.2) is 0 Å². The molecule has 3 N–H and O–H groups in total. The van der Waals surface area contributed by atoms with E-state index in [4.69, 9.17) is 5.73 Å². The fraction of sp³-hybridized carbons (Fsp3) is 0.200. The van der Waals surface area contributed by atoms with Crippen LogP contribution in [0.3, 0.4) is 0 Å². The Bertz CT molecular complexity index is 477. The number of nitrogens with two attached hydrogens (primary N) is 1. The molecule has 0 aromatic carbocycles. The number of hydrogen-bond donors (Lipinski definition) is 2. The van der Waals surface area contributed by atoms with Gasteiger partial charge < -0.3 is 15.6 Å². The second-order valence-electron chi connectivity index (χ2n) is 3.40. The minimum Gasteiger partial charge on any atom is -0.397 e. The van der Waals surface area contributed by atoms with E-state index in [1.807, 2.05) is 5.38 Å². The molecule has 5 nitrogen and oxygen atoms in total. The van der Waals surface area contributed by atoms with Gasteiger partial charge in [-0.15, -0.1) is 11.3 Å². The van der Waals surface area contributed by atoms with E-state index in [0.29, 0.717) is 17.1 Å². The van der Waals surface area contributed by atoms with Gasteiger partial charge in [-0.05, 0) is 11.4 Å². The number of anilines is 1. The van der Waals surface area contributed by atoms with Crippen molar-refractivity contribution in [1.82, 2.24) is 14.9 Å². The molecule has 84 valence electrons. The topological polar surface area (TPSA) is 75.0 Å². The molecule has 2 aromatic rings. The van der Waals surface area contributed by atoms with E-state index in [1.165, 1.54) is 11.3 Å². The van der Waals surface area contributed by atoms with Gasteiger partial charge in [0.05, 0.1) is 12.2 Å². The Balaban J connectivity index is 2.08. The van der Waals surface area contributed by atoms with Crippen molar-refractivity contribution < 1.29 is 4.79 Å². The fourth-order valence-electron chi connectivity index (χ4n) is 1.35. The predicted molar refractivity (Wildman–Crippen MR) is 63.1 cm³/mol. The zero-order valence-electron chi connectivity index (χ0n) is 8.80. The first-order valence-electron chi connectivity index (χ1n) is 4.75. The van der Waals surface area contributed by atoms with Crippen LogP contribution in [0.25, 0.3) is 0 Å². The molecule has 6 heteroatoms. The summed E-state index contributed by atoms with van der Waals surface area (Å²) < 4.78 is 0. The summed E-state index contributed by atoms with van der Waals surface area (Å²) in [4.78, 5) is 21.1. The lowest BCUT2D eigenvalue weighted by Gasteiger charge is -2.14. The molecule has 0 radical (unpaired) electrons. The molecule has 0 aliphatic carbocycles. The average molecular weight is 236 g/mol. The number of amides is 1. The highest BCUT2D eigenvalue weighted by Crippen LogP contribution is 2.20. The number of nitrogens with one attached hydrogen (secondary N) is 1. The maximum atomic E-state index is 12.0. The molecular weight excluding hydrogens is 224 g/mol. The van der Waals surface area contributed by atoms with Crippen LogP contribution < -0.4 is 5.73 Å². The summed E-state index contributed by atoms with van der Waals surface area (Å²) in [6.07, 6.45) is 3.39. The van der Waals surface area contributed by atoms with E-state index in [0.717, 1.165) is 5.82 Å². The maximum Gasteiger partial charge on any atom is 0.266 e. The Morgan fingerprint density at radius 3 is 3.06 bits per heavy atom. The van der Waals surface area contributed by atoms with E-state index >= 15 is 0 Å². The summed E-state index contributed by atoms with van der Waals surface area (Å²) in [7, 11) is 1.73. The highest BCUT2D eigenvalue weighted by Gasteiger charge is 2.16. The molecule has 2 heterocycles. The van der Waals surface area contributed by atoms with E-state index < -0.39 is 0 Å². The number of imidazole rings is 1. The molecule has 0 spiro atoms. The van der Waals surface area contributed by atoms with Gasteiger partial charge in [-0.25, -0.2) is 4.98 Å². The molecule has 0 atom stereocenters. The largest absolute Gasteiger partial charge is 0.397 e. The van der Waals surface area contributed by atoms with Crippen molar-refractivity contribution in [2.24, 2.45) is 0 Å². The van der Waals surface area contributed by atoms with Crippen molar-refractivity contribution in [3.05, 3.63) is 34.5 Å². The van der Waals surface area contributed by atoms with Crippen LogP contribution in [0.4, 0.5) is 5.69 Å². The number of thiophene rings is 1. The second kappa shape index (κ2) is 4.36. The van der Waals surface area contributed by atoms with Crippen LogP contribution in [0.15, 0.2) is 23.8 Å². The van der Waals surface area contributed by atoms with Crippen molar-refractivity contribution >= 4 is 22.9 Å². The number of H-pyrrole nitrogens is 1. The quantitative estimate of drug-likeness (QED) is 0.844. The lowest BCUT2D eigenvalue weighted by molar-refractivity contribution is 0.0787. The Morgan fingerprint density at radius 2 is 2.50 bits per heavy atom. The van der Waals surface area contributed by atoms with Crippen molar-refractivity contribution in [2.75, 3.05) is 12.8 Å². The number of rotatable bonds is 3. The molecule has 0 saturated heterocycles. The molecule has 0 aliphatic heterocycles. The zero-order valence-corrected chi connectivity index (χ0v) is 9.62. The molecule has 2 aromatic heterocycles. The first kappa shape index (κ1) is 10.7. The lowest BCUT2D eigenvalue weighted by atomic mass is 10.3. The first-order chi connectivity index (χ1) is 7.68. The maximum absolute atomic E-state index is 12.0. The van der Waals surface area contributed by atoms with Gasteiger partial charge in [0.2, 0.25) is 0 Å². The van der Waals surface area contributed by atoms with E-state index in [2.05, 4.69) is 9.97 Å². The first-order valence-corrected chi connectivity index (χ1v) is 5.63. The standard InChI is InChI=1S/C10H12N4OS/c1-14(6-8-12-3-4-13-8)10(15)9-7(11)2-5-16-9/h2-5H,6,11H2,1H3,(H,12,13). The molecule has 0 aliphatic rings. The molecule has 0 fully saturated rings. The van der Waals surface area contributed by atoms with Gasteiger partial charge in [-0.3, -0.25) is 4.79 Å². The van der Waals surface area contributed by atoms with Crippen molar-refractivity contribution in [2.45, 2.75) is 6.54 Å². The van der Waals surface area contributed by atoms with Crippen molar-refractivity contribution in [1.29, 1.82) is 0 Å². The average Bonchev–Trinajstić information content (AvgIpc) is 2.88. The monoisotopic (exact) mass is 236 g/mol. The summed E-state index contributed by atoms with van der Waals surface area (Å²) in [5, 5.41) is 1.81. The number of carbonyl (C=O) groups excluding carboxylic acids is 1. The van der Waals surface area contributed by atoms with Gasteiger partial charge in [0, 0.05) is 19.4 Å². The Labute approximate surface area is 96.9 Å². The van der Waals surface area contributed by atoms with Crippen LogP contribution in [0, 0.1) is 0 Å². The van der Waals surface area contributed by atoms with Gasteiger partial charge in [-0.1, -0.05) is 0 Å². The summed E-state index contributed by atoms with van der Waals surface area (Å²) in [5.74, 6) is 0.676. The summed E-state index contributed by atoms with van der Waals surface area (Å²) in [6, 6.07) is 1.73. The molecular formula is C10H12N4OS. The number of carbonyl (C=O) groups is 1. The van der Waals surface area contributed by atoms with Gasteiger partial charge in [0.1, 0.15) is 10.7 Å². The van der Waals surface area contributed by atoms with Gasteiger partial charge in [0.25, 0.3) is 5.91 Å². The van der Waals surface area contributed by atoms with Crippen molar-refractivity contribution in [3.63, 3.8) is 0 Å². The third kappa shape index (κ3) is 2.06. The predicted octanol–water partition coefficient (Wildman–Crippen LogP) is 1.33. The Hall–Kier alpha value is -1.82. The fourth-order valence-corrected chi connectivity index (χ4v) is 2.16. The second-order valence-corrected chi connectivity index (χ2v) is 4.32. The van der Waals surface area contributed by atoms with E-state index in [9.17, 15) is 4.79 Å². The number of hydrogen-bond acceptors (Lipinski definition) is 4. The minimum atomic E-state index is -0.0797. The van der Waals surface area contributed by atoms with Crippen LogP contribution in [0.5, 0.6) is 0 Å². The summed E-state index contributed by atoms with van der Waals surface area (Å²) >= 11 is 1.35.